The molecule has 2 fully saturated rings. The number of ether oxygens (including phenoxy) is 2. The quantitative estimate of drug-likeness (QED) is 0.635. The number of hydrogen-bond donors (Lipinski definition) is 1. The highest BCUT2D eigenvalue weighted by Crippen LogP contribution is 2.26. The van der Waals surface area contributed by atoms with Crippen molar-refractivity contribution in [3.05, 3.63) is 54.0 Å². The smallest absolute Gasteiger partial charge is 0.141 e. The van der Waals surface area contributed by atoms with Crippen molar-refractivity contribution in [2.24, 2.45) is 0 Å². The van der Waals surface area contributed by atoms with Crippen LogP contribution in [0.15, 0.2) is 42.6 Å². The SMILES string of the molecule is CN(Cc1ccc(OCCN2CCOCC2)cc1)C[C@]1(O)CCN(c2ccc(F)cn2)C1. The third kappa shape index (κ3) is 6.38. The Labute approximate surface area is 189 Å². The highest BCUT2D eigenvalue weighted by molar-refractivity contribution is 5.40. The molecule has 2 aliphatic rings. The zero-order valence-electron chi connectivity index (χ0n) is 18.8. The van der Waals surface area contributed by atoms with Crippen molar-refractivity contribution in [1.82, 2.24) is 14.8 Å². The Morgan fingerprint density at radius 2 is 1.94 bits per heavy atom. The molecular formula is C24H33FN4O3. The fourth-order valence-electron chi connectivity index (χ4n) is 4.41. The molecule has 1 aromatic carbocycles. The van der Waals surface area contributed by atoms with Crippen LogP contribution in [0.25, 0.3) is 0 Å². The molecule has 8 heteroatoms. The van der Waals surface area contributed by atoms with Gasteiger partial charge in [0.05, 0.1) is 25.0 Å². The Morgan fingerprint density at radius 3 is 2.66 bits per heavy atom. The van der Waals surface area contributed by atoms with Gasteiger partial charge in [0.1, 0.15) is 24.0 Å². The Bertz CT molecular complexity index is 845. The van der Waals surface area contributed by atoms with E-state index in [-0.39, 0.29) is 5.82 Å². The minimum absolute atomic E-state index is 0.350. The van der Waals surface area contributed by atoms with Gasteiger partial charge in [0.2, 0.25) is 0 Å². The largest absolute Gasteiger partial charge is 0.492 e. The average Bonchev–Trinajstić information content (AvgIpc) is 3.17. The zero-order chi connectivity index (χ0) is 22.4. The van der Waals surface area contributed by atoms with E-state index in [0.717, 1.165) is 45.1 Å². The molecule has 2 aromatic rings. The second-order valence-corrected chi connectivity index (χ2v) is 8.85. The van der Waals surface area contributed by atoms with Crippen LogP contribution in [0.2, 0.25) is 0 Å². The zero-order valence-corrected chi connectivity index (χ0v) is 18.8. The summed E-state index contributed by atoms with van der Waals surface area (Å²) >= 11 is 0. The number of nitrogens with zero attached hydrogens (tertiary/aromatic N) is 4. The van der Waals surface area contributed by atoms with Gasteiger partial charge in [0.25, 0.3) is 0 Å². The minimum Gasteiger partial charge on any atom is -0.492 e. The van der Waals surface area contributed by atoms with Crippen LogP contribution in [0, 0.1) is 5.82 Å². The van der Waals surface area contributed by atoms with Gasteiger partial charge < -0.3 is 19.5 Å². The molecule has 3 heterocycles. The van der Waals surface area contributed by atoms with Gasteiger partial charge >= 0.3 is 0 Å². The number of morpholine rings is 1. The number of hydrogen-bond acceptors (Lipinski definition) is 7. The van der Waals surface area contributed by atoms with Crippen molar-refractivity contribution in [2.75, 3.05) is 71.0 Å². The maximum absolute atomic E-state index is 13.1. The molecule has 0 aliphatic carbocycles. The molecule has 32 heavy (non-hydrogen) atoms. The number of anilines is 1. The van der Waals surface area contributed by atoms with Gasteiger partial charge in [-0.3, -0.25) is 9.80 Å². The van der Waals surface area contributed by atoms with Crippen molar-refractivity contribution < 1.29 is 19.0 Å². The van der Waals surface area contributed by atoms with E-state index in [4.69, 9.17) is 9.47 Å². The fraction of sp³-hybridized carbons (Fsp3) is 0.542. The number of rotatable bonds is 9. The van der Waals surface area contributed by atoms with E-state index in [2.05, 4.69) is 26.9 Å². The highest BCUT2D eigenvalue weighted by atomic mass is 19.1. The Balaban J connectivity index is 1.21. The van der Waals surface area contributed by atoms with E-state index in [1.807, 2.05) is 24.1 Å². The summed E-state index contributed by atoms with van der Waals surface area (Å²) in [4.78, 5) is 10.6. The molecule has 7 nitrogen and oxygen atoms in total. The lowest BCUT2D eigenvalue weighted by molar-refractivity contribution is 0.0279. The third-order valence-corrected chi connectivity index (χ3v) is 6.09. The number of aromatic nitrogens is 1. The van der Waals surface area contributed by atoms with Crippen LogP contribution in [0.5, 0.6) is 5.75 Å². The lowest BCUT2D eigenvalue weighted by Gasteiger charge is -2.29. The molecule has 4 rings (SSSR count). The summed E-state index contributed by atoms with van der Waals surface area (Å²) in [5, 5.41) is 11.1. The monoisotopic (exact) mass is 444 g/mol. The predicted octanol–water partition coefficient (Wildman–Crippen LogP) is 2.00. The van der Waals surface area contributed by atoms with Gasteiger partial charge in [0.15, 0.2) is 0 Å². The summed E-state index contributed by atoms with van der Waals surface area (Å²) in [7, 11) is 2.02. The van der Waals surface area contributed by atoms with Crippen LogP contribution in [0.4, 0.5) is 10.2 Å². The number of β-amino-alcohol motifs (C(OH)–C–C–N with tert-alkyl or cyclic N) is 1. The first-order valence-electron chi connectivity index (χ1n) is 11.3. The normalized spacial score (nSPS) is 21.9. The van der Waals surface area contributed by atoms with Crippen LogP contribution >= 0.6 is 0 Å². The van der Waals surface area contributed by atoms with Crippen LogP contribution in [-0.2, 0) is 11.3 Å². The Kier molecular flexibility index (Phi) is 7.57. The van der Waals surface area contributed by atoms with E-state index in [0.29, 0.717) is 38.5 Å². The van der Waals surface area contributed by atoms with E-state index in [1.165, 1.54) is 17.8 Å². The number of benzene rings is 1. The molecule has 2 saturated heterocycles. The molecular weight excluding hydrogens is 411 g/mol. The standard InChI is InChI=1S/C24H33FN4O3/c1-27(18-24(30)8-9-29(19-24)23-7-4-21(25)16-26-23)17-20-2-5-22(6-3-20)32-15-12-28-10-13-31-14-11-28/h2-7,16,30H,8-15,17-19H2,1H3/t24-/m1/s1. The summed E-state index contributed by atoms with van der Waals surface area (Å²) in [6.45, 7) is 7.64. The first kappa shape index (κ1) is 22.9. The summed E-state index contributed by atoms with van der Waals surface area (Å²) in [6.07, 6.45) is 1.88. The van der Waals surface area contributed by atoms with E-state index in [9.17, 15) is 9.50 Å². The van der Waals surface area contributed by atoms with Gasteiger partial charge in [-0.05, 0) is 43.3 Å². The van der Waals surface area contributed by atoms with E-state index >= 15 is 0 Å². The van der Waals surface area contributed by atoms with Gasteiger partial charge in [0, 0.05) is 45.8 Å². The van der Waals surface area contributed by atoms with Crippen molar-refractivity contribution in [1.29, 1.82) is 0 Å². The number of aliphatic hydroxyl groups is 1. The lowest BCUT2D eigenvalue weighted by atomic mass is 10.0. The van der Waals surface area contributed by atoms with Crippen LogP contribution < -0.4 is 9.64 Å². The molecule has 1 atom stereocenters. The topological polar surface area (TPSA) is 61.3 Å². The molecule has 2 aliphatic heterocycles. The predicted molar refractivity (Wildman–Crippen MR) is 122 cm³/mol. The molecule has 174 valence electrons. The first-order chi connectivity index (χ1) is 15.5. The Hall–Kier alpha value is -2.26. The molecule has 1 aromatic heterocycles. The molecule has 1 N–H and O–H groups in total. The number of pyridine rings is 1. The fourth-order valence-corrected chi connectivity index (χ4v) is 4.41. The summed E-state index contributed by atoms with van der Waals surface area (Å²) in [5.74, 6) is 1.23. The molecule has 0 radical (unpaired) electrons. The number of halogens is 1. The number of likely N-dealkylation sites (N-methyl/N-ethyl adjacent to an activating group) is 1. The summed E-state index contributed by atoms with van der Waals surface area (Å²) < 4.78 is 24.4. The second-order valence-electron chi connectivity index (χ2n) is 8.85. The van der Waals surface area contributed by atoms with Crippen LogP contribution in [0.3, 0.4) is 0 Å². The van der Waals surface area contributed by atoms with E-state index < -0.39 is 5.60 Å². The van der Waals surface area contributed by atoms with Crippen molar-refractivity contribution in [3.8, 4) is 5.75 Å². The van der Waals surface area contributed by atoms with Crippen molar-refractivity contribution in [2.45, 2.75) is 18.6 Å². The molecule has 0 unspecified atom stereocenters. The minimum atomic E-state index is -0.812. The summed E-state index contributed by atoms with van der Waals surface area (Å²) in [5.41, 5.74) is 0.361. The van der Waals surface area contributed by atoms with E-state index in [1.54, 1.807) is 6.07 Å². The molecule has 0 saturated carbocycles. The summed E-state index contributed by atoms with van der Waals surface area (Å²) in [6, 6.07) is 11.2. The van der Waals surface area contributed by atoms with Crippen LogP contribution in [-0.4, -0.2) is 91.6 Å². The van der Waals surface area contributed by atoms with Crippen molar-refractivity contribution in [3.63, 3.8) is 0 Å². The maximum Gasteiger partial charge on any atom is 0.141 e. The first-order valence-corrected chi connectivity index (χ1v) is 11.3. The van der Waals surface area contributed by atoms with Gasteiger partial charge in [-0.2, -0.15) is 0 Å². The van der Waals surface area contributed by atoms with Crippen LogP contribution in [0.1, 0.15) is 12.0 Å². The van der Waals surface area contributed by atoms with Crippen molar-refractivity contribution >= 4 is 5.82 Å². The van der Waals surface area contributed by atoms with Gasteiger partial charge in [-0.25, -0.2) is 9.37 Å². The van der Waals surface area contributed by atoms with Gasteiger partial charge in [-0.15, -0.1) is 0 Å². The third-order valence-electron chi connectivity index (χ3n) is 6.09. The second kappa shape index (κ2) is 10.6. The lowest BCUT2D eigenvalue weighted by Crippen LogP contribution is -2.43. The molecule has 0 spiro atoms. The Morgan fingerprint density at radius 1 is 1.16 bits per heavy atom. The van der Waals surface area contributed by atoms with Gasteiger partial charge in [-0.1, -0.05) is 12.1 Å². The average molecular weight is 445 g/mol. The molecule has 0 amide bonds. The highest BCUT2D eigenvalue weighted by Gasteiger charge is 2.37. The maximum atomic E-state index is 13.1. The molecule has 0 bridgehead atoms.